The van der Waals surface area contributed by atoms with Gasteiger partial charge < -0.3 is 9.88 Å². The van der Waals surface area contributed by atoms with E-state index in [9.17, 15) is 0 Å². The zero-order chi connectivity index (χ0) is 13.2. The third-order valence-corrected chi connectivity index (χ3v) is 3.59. The molecule has 6 nitrogen and oxygen atoms in total. The van der Waals surface area contributed by atoms with E-state index >= 15 is 0 Å². The quantitative estimate of drug-likeness (QED) is 0.791. The van der Waals surface area contributed by atoms with E-state index in [1.54, 1.807) is 24.0 Å². The lowest BCUT2D eigenvalue weighted by Crippen LogP contribution is -2.09. The summed E-state index contributed by atoms with van der Waals surface area (Å²) in [7, 11) is 0. The minimum Gasteiger partial charge on any atom is -0.360 e. The van der Waals surface area contributed by atoms with E-state index in [2.05, 4.69) is 39.1 Å². The molecular formula is C12H14N6S. The predicted octanol–water partition coefficient (Wildman–Crippen LogP) is 2.48. The fraction of sp³-hybridized carbons (Fsp3) is 0.333. The Balaban J connectivity index is 1.95. The van der Waals surface area contributed by atoms with E-state index in [0.717, 1.165) is 29.2 Å². The van der Waals surface area contributed by atoms with Gasteiger partial charge in [-0.05, 0) is 13.8 Å². The summed E-state index contributed by atoms with van der Waals surface area (Å²) in [5, 5.41) is 5.37. The molecule has 0 aliphatic carbocycles. The van der Waals surface area contributed by atoms with Crippen LogP contribution in [0.1, 0.15) is 25.6 Å². The van der Waals surface area contributed by atoms with Crippen molar-refractivity contribution in [2.24, 2.45) is 0 Å². The number of rotatable bonds is 4. The molecule has 0 spiro atoms. The molecule has 0 aliphatic rings. The third-order valence-electron chi connectivity index (χ3n) is 2.99. The van der Waals surface area contributed by atoms with Crippen molar-refractivity contribution < 1.29 is 0 Å². The highest BCUT2D eigenvalue weighted by Crippen LogP contribution is 2.22. The standard InChI is InChI=1S/C12H14N6S/c1-3-18-6-15-10-11(13-5-14-12(10)18)17-8(2)9-4-19-7-16-9/h4-8H,3H2,1-2H3,(H,13,14,17). The minimum atomic E-state index is 0.0936. The molecule has 0 saturated carbocycles. The van der Waals surface area contributed by atoms with Gasteiger partial charge >= 0.3 is 0 Å². The average molecular weight is 274 g/mol. The number of aromatic nitrogens is 5. The van der Waals surface area contributed by atoms with E-state index < -0.39 is 0 Å². The predicted molar refractivity (Wildman–Crippen MR) is 75.1 cm³/mol. The van der Waals surface area contributed by atoms with Crippen LogP contribution < -0.4 is 5.32 Å². The number of aryl methyl sites for hydroxylation is 1. The van der Waals surface area contributed by atoms with E-state index in [0.29, 0.717) is 0 Å². The van der Waals surface area contributed by atoms with E-state index in [1.165, 1.54) is 0 Å². The van der Waals surface area contributed by atoms with Crippen molar-refractivity contribution in [1.29, 1.82) is 0 Å². The number of hydrogen-bond acceptors (Lipinski definition) is 6. The molecule has 3 aromatic heterocycles. The van der Waals surface area contributed by atoms with Crippen LogP contribution >= 0.6 is 11.3 Å². The highest BCUT2D eigenvalue weighted by atomic mass is 32.1. The van der Waals surface area contributed by atoms with Crippen molar-refractivity contribution in [3.05, 3.63) is 29.2 Å². The van der Waals surface area contributed by atoms with Crippen LogP contribution in [0.2, 0.25) is 0 Å². The Morgan fingerprint density at radius 1 is 1.32 bits per heavy atom. The maximum absolute atomic E-state index is 4.38. The van der Waals surface area contributed by atoms with Gasteiger partial charge in [-0.15, -0.1) is 11.3 Å². The number of anilines is 1. The van der Waals surface area contributed by atoms with Crippen molar-refractivity contribution in [1.82, 2.24) is 24.5 Å². The van der Waals surface area contributed by atoms with Crippen molar-refractivity contribution in [3.63, 3.8) is 0 Å². The van der Waals surface area contributed by atoms with Crippen LogP contribution in [0.25, 0.3) is 11.2 Å². The zero-order valence-electron chi connectivity index (χ0n) is 10.7. The first-order chi connectivity index (χ1) is 9.29. The summed E-state index contributed by atoms with van der Waals surface area (Å²) >= 11 is 1.59. The minimum absolute atomic E-state index is 0.0936. The highest BCUT2D eigenvalue weighted by molar-refractivity contribution is 7.07. The summed E-state index contributed by atoms with van der Waals surface area (Å²) in [4.78, 5) is 17.2. The lowest BCUT2D eigenvalue weighted by atomic mass is 10.2. The van der Waals surface area contributed by atoms with Gasteiger partial charge in [0, 0.05) is 11.9 Å². The Morgan fingerprint density at radius 3 is 2.95 bits per heavy atom. The van der Waals surface area contributed by atoms with Gasteiger partial charge in [-0.3, -0.25) is 0 Å². The van der Waals surface area contributed by atoms with Gasteiger partial charge in [0.05, 0.1) is 23.6 Å². The molecule has 1 unspecified atom stereocenters. The Labute approximate surface area is 114 Å². The fourth-order valence-electron chi connectivity index (χ4n) is 1.93. The fourth-order valence-corrected chi connectivity index (χ4v) is 2.58. The van der Waals surface area contributed by atoms with Crippen molar-refractivity contribution in [3.8, 4) is 0 Å². The first-order valence-corrected chi connectivity index (χ1v) is 7.04. The summed E-state index contributed by atoms with van der Waals surface area (Å²) < 4.78 is 2.00. The molecule has 0 aliphatic heterocycles. The number of nitrogens with one attached hydrogen (secondary N) is 1. The van der Waals surface area contributed by atoms with E-state index in [-0.39, 0.29) is 6.04 Å². The largest absolute Gasteiger partial charge is 0.360 e. The van der Waals surface area contributed by atoms with Gasteiger partial charge in [0.15, 0.2) is 11.5 Å². The number of fused-ring (bicyclic) bond motifs is 1. The highest BCUT2D eigenvalue weighted by Gasteiger charge is 2.13. The van der Waals surface area contributed by atoms with Crippen molar-refractivity contribution in [2.45, 2.75) is 26.4 Å². The molecular weight excluding hydrogens is 260 g/mol. The monoisotopic (exact) mass is 274 g/mol. The Morgan fingerprint density at radius 2 is 2.21 bits per heavy atom. The Bertz CT molecular complexity index is 675. The van der Waals surface area contributed by atoms with Crippen LogP contribution in [0, 0.1) is 0 Å². The van der Waals surface area contributed by atoms with Crippen LogP contribution in [0.3, 0.4) is 0 Å². The molecule has 0 aromatic carbocycles. The van der Waals surface area contributed by atoms with E-state index in [1.807, 2.05) is 15.5 Å². The smallest absolute Gasteiger partial charge is 0.165 e. The van der Waals surface area contributed by atoms with Gasteiger partial charge in [0.25, 0.3) is 0 Å². The van der Waals surface area contributed by atoms with Crippen molar-refractivity contribution in [2.75, 3.05) is 5.32 Å². The number of hydrogen-bond donors (Lipinski definition) is 1. The van der Waals surface area contributed by atoms with Gasteiger partial charge in [-0.25, -0.2) is 19.9 Å². The second-order valence-electron chi connectivity index (χ2n) is 4.20. The SMILES string of the molecule is CCn1cnc2c(NC(C)c3cscn3)ncnc21. The molecule has 0 radical (unpaired) electrons. The van der Waals surface area contributed by atoms with Crippen molar-refractivity contribution >= 4 is 28.3 Å². The van der Waals surface area contributed by atoms with E-state index in [4.69, 9.17) is 0 Å². The summed E-state index contributed by atoms with van der Waals surface area (Å²) in [5.41, 5.74) is 4.48. The van der Waals surface area contributed by atoms with Gasteiger partial charge in [-0.1, -0.05) is 0 Å². The summed E-state index contributed by atoms with van der Waals surface area (Å²) in [6.45, 7) is 4.96. The number of nitrogens with zero attached hydrogens (tertiary/aromatic N) is 5. The first-order valence-electron chi connectivity index (χ1n) is 6.10. The molecule has 0 amide bonds. The molecule has 3 rings (SSSR count). The van der Waals surface area contributed by atoms with Crippen LogP contribution in [-0.2, 0) is 6.54 Å². The maximum atomic E-state index is 4.38. The summed E-state index contributed by atoms with van der Waals surface area (Å²) in [6, 6.07) is 0.0936. The molecule has 1 N–H and O–H groups in total. The number of thiazole rings is 1. The molecule has 98 valence electrons. The molecule has 7 heteroatoms. The number of imidazole rings is 1. The normalized spacial score (nSPS) is 12.7. The first kappa shape index (κ1) is 12.0. The average Bonchev–Trinajstić information content (AvgIpc) is 3.08. The molecule has 3 aromatic rings. The van der Waals surface area contributed by atoms with Crippen LogP contribution in [-0.4, -0.2) is 24.5 Å². The summed E-state index contributed by atoms with van der Waals surface area (Å²) in [6.07, 6.45) is 3.35. The second kappa shape index (κ2) is 4.93. The topological polar surface area (TPSA) is 68.5 Å². The van der Waals surface area contributed by atoms with Gasteiger partial charge in [0.1, 0.15) is 11.8 Å². The lowest BCUT2D eigenvalue weighted by Gasteiger charge is -2.12. The molecule has 0 bridgehead atoms. The molecule has 1 atom stereocenters. The second-order valence-corrected chi connectivity index (χ2v) is 4.92. The molecule has 0 saturated heterocycles. The molecule has 3 heterocycles. The van der Waals surface area contributed by atoms with Crippen LogP contribution in [0.4, 0.5) is 5.82 Å². The Hall–Kier alpha value is -2.02. The van der Waals surface area contributed by atoms with Gasteiger partial charge in [-0.2, -0.15) is 0 Å². The zero-order valence-corrected chi connectivity index (χ0v) is 11.6. The third kappa shape index (κ3) is 2.17. The molecule has 19 heavy (non-hydrogen) atoms. The lowest BCUT2D eigenvalue weighted by molar-refractivity contribution is 0.777. The van der Waals surface area contributed by atoms with Gasteiger partial charge in [0.2, 0.25) is 0 Å². The summed E-state index contributed by atoms with van der Waals surface area (Å²) in [5.74, 6) is 0.748. The maximum Gasteiger partial charge on any atom is 0.165 e. The van der Waals surface area contributed by atoms with Crippen LogP contribution in [0.5, 0.6) is 0 Å². The van der Waals surface area contributed by atoms with Crippen LogP contribution in [0.15, 0.2) is 23.5 Å². The Kier molecular flexibility index (Phi) is 3.12. The molecule has 0 fully saturated rings.